The molecule has 1 atom stereocenters. The van der Waals surface area contributed by atoms with Gasteiger partial charge in [0.05, 0.1) is 4.92 Å². The van der Waals surface area contributed by atoms with E-state index in [0.717, 1.165) is 18.2 Å². The van der Waals surface area contributed by atoms with Crippen LogP contribution in [0, 0.1) is 15.9 Å². The van der Waals surface area contributed by atoms with E-state index in [9.17, 15) is 24.1 Å². The van der Waals surface area contributed by atoms with Crippen LogP contribution in [-0.4, -0.2) is 22.9 Å². The largest absolute Gasteiger partial charge is 0.449 e. The number of benzene rings is 2. The quantitative estimate of drug-likeness (QED) is 0.415. The topological polar surface area (TPSA) is 112 Å². The highest BCUT2D eigenvalue weighted by Gasteiger charge is 2.23. The third-order valence-corrected chi connectivity index (χ3v) is 3.69. The third kappa shape index (κ3) is 3.92. The molecular weight excluding hydrogens is 359 g/mol. The monoisotopic (exact) mass is 372 g/mol. The maximum Gasteiger partial charge on any atom is 0.375 e. The molecule has 3 aromatic rings. The van der Waals surface area contributed by atoms with Crippen LogP contribution in [0.2, 0.25) is 0 Å². The van der Waals surface area contributed by atoms with E-state index in [2.05, 4.69) is 5.32 Å². The molecule has 1 aromatic heterocycles. The summed E-state index contributed by atoms with van der Waals surface area (Å²) < 4.78 is 23.7. The van der Waals surface area contributed by atoms with Crippen molar-refractivity contribution in [2.45, 2.75) is 13.0 Å². The van der Waals surface area contributed by atoms with Gasteiger partial charge in [-0.2, -0.15) is 4.39 Å². The third-order valence-electron chi connectivity index (χ3n) is 3.69. The molecule has 0 fully saturated rings. The first-order valence-corrected chi connectivity index (χ1v) is 7.79. The molecule has 0 radical (unpaired) electrons. The number of para-hydroxylation sites is 1. The van der Waals surface area contributed by atoms with Gasteiger partial charge in [-0.05, 0) is 31.2 Å². The molecule has 0 unspecified atom stereocenters. The number of nitrogens with one attached hydrogen (secondary N) is 1. The molecule has 0 aliphatic carbocycles. The Hall–Kier alpha value is -3.75. The van der Waals surface area contributed by atoms with E-state index in [-0.39, 0.29) is 11.4 Å². The molecule has 9 heteroatoms. The van der Waals surface area contributed by atoms with Gasteiger partial charge < -0.3 is 14.5 Å². The van der Waals surface area contributed by atoms with E-state index in [1.165, 1.54) is 13.0 Å². The molecule has 138 valence electrons. The second-order valence-electron chi connectivity index (χ2n) is 5.61. The molecule has 8 nitrogen and oxygen atoms in total. The highest BCUT2D eigenvalue weighted by atomic mass is 19.1. The normalized spacial score (nSPS) is 11.8. The van der Waals surface area contributed by atoms with Crippen molar-refractivity contribution in [1.82, 2.24) is 0 Å². The molecule has 3 rings (SSSR count). The average molecular weight is 372 g/mol. The van der Waals surface area contributed by atoms with Crippen molar-refractivity contribution in [2.75, 3.05) is 5.32 Å². The Kier molecular flexibility index (Phi) is 4.84. The summed E-state index contributed by atoms with van der Waals surface area (Å²) in [4.78, 5) is 34.1. The number of rotatable bonds is 5. The number of hydrogen-bond donors (Lipinski definition) is 1. The lowest BCUT2D eigenvalue weighted by molar-refractivity contribution is -0.387. The van der Waals surface area contributed by atoms with E-state index < -0.39 is 34.4 Å². The Morgan fingerprint density at radius 2 is 1.96 bits per heavy atom. The van der Waals surface area contributed by atoms with Crippen molar-refractivity contribution in [3.05, 3.63) is 70.2 Å². The first-order chi connectivity index (χ1) is 12.8. The van der Waals surface area contributed by atoms with Gasteiger partial charge in [0.1, 0.15) is 5.58 Å². The number of hydrogen-bond acceptors (Lipinski definition) is 6. The number of carbonyl (C=O) groups is 2. The predicted octanol–water partition coefficient (Wildman–Crippen LogP) is 3.66. The van der Waals surface area contributed by atoms with Gasteiger partial charge in [0.2, 0.25) is 11.6 Å². The van der Waals surface area contributed by atoms with Crippen LogP contribution in [0.4, 0.5) is 15.8 Å². The molecule has 27 heavy (non-hydrogen) atoms. The maximum absolute atomic E-state index is 13.3. The number of nitro benzene ring substituents is 1. The van der Waals surface area contributed by atoms with Crippen LogP contribution < -0.4 is 5.32 Å². The Labute approximate surface area is 151 Å². The molecule has 0 aliphatic rings. The van der Waals surface area contributed by atoms with Crippen molar-refractivity contribution in [3.63, 3.8) is 0 Å². The number of amides is 1. The van der Waals surface area contributed by atoms with Crippen molar-refractivity contribution < 1.29 is 28.1 Å². The lowest BCUT2D eigenvalue weighted by Gasteiger charge is -2.12. The Bertz CT molecular complexity index is 1010. The standard InChI is InChI=1S/C18H13FN2O6/c1-10(17(22)20-12-6-7-13(19)14(9-12)21(24)25)26-18(23)16-8-11-4-2-3-5-15(11)27-16/h2-10H,1H3,(H,20,22)/t10-/m1/s1. The number of ether oxygens (including phenoxy) is 1. The van der Waals surface area contributed by atoms with Crippen molar-refractivity contribution in [1.29, 1.82) is 0 Å². The number of esters is 1. The lowest BCUT2D eigenvalue weighted by atomic mass is 10.2. The zero-order valence-electron chi connectivity index (χ0n) is 14.0. The minimum Gasteiger partial charge on any atom is -0.449 e. The number of anilines is 1. The molecule has 1 heterocycles. The zero-order chi connectivity index (χ0) is 19.6. The summed E-state index contributed by atoms with van der Waals surface area (Å²) in [7, 11) is 0. The Balaban J connectivity index is 1.67. The fourth-order valence-electron chi connectivity index (χ4n) is 2.33. The molecular formula is C18H13FN2O6. The van der Waals surface area contributed by atoms with Crippen LogP contribution >= 0.6 is 0 Å². The van der Waals surface area contributed by atoms with Gasteiger partial charge in [-0.1, -0.05) is 18.2 Å². The van der Waals surface area contributed by atoms with Crippen molar-refractivity contribution >= 4 is 34.2 Å². The van der Waals surface area contributed by atoms with Crippen LogP contribution in [0.5, 0.6) is 0 Å². The summed E-state index contributed by atoms with van der Waals surface area (Å²) in [6.07, 6.45) is -1.21. The first-order valence-electron chi connectivity index (χ1n) is 7.79. The summed E-state index contributed by atoms with van der Waals surface area (Å²) in [5, 5.41) is 13.8. The number of nitro groups is 1. The molecule has 0 saturated carbocycles. The summed E-state index contributed by atoms with van der Waals surface area (Å²) in [5.41, 5.74) is -0.278. The number of carbonyl (C=O) groups excluding carboxylic acids is 2. The summed E-state index contributed by atoms with van der Waals surface area (Å²) >= 11 is 0. The van der Waals surface area contributed by atoms with E-state index in [1.54, 1.807) is 24.3 Å². The SMILES string of the molecule is C[C@@H](OC(=O)c1cc2ccccc2o1)C(=O)Nc1ccc(F)c([N+](=O)[O-])c1. The van der Waals surface area contributed by atoms with Gasteiger partial charge in [0.15, 0.2) is 6.10 Å². The van der Waals surface area contributed by atoms with Crippen molar-refractivity contribution in [2.24, 2.45) is 0 Å². The summed E-state index contributed by atoms with van der Waals surface area (Å²) in [6.45, 7) is 1.33. The van der Waals surface area contributed by atoms with Crippen molar-refractivity contribution in [3.8, 4) is 0 Å². The van der Waals surface area contributed by atoms with Crippen LogP contribution in [0.15, 0.2) is 52.9 Å². The predicted molar refractivity (Wildman–Crippen MR) is 92.8 cm³/mol. The van der Waals surface area contributed by atoms with Crippen LogP contribution in [0.3, 0.4) is 0 Å². The minimum absolute atomic E-state index is 0.000244. The maximum atomic E-state index is 13.3. The number of halogens is 1. The van der Waals surface area contributed by atoms with Gasteiger partial charge in [-0.25, -0.2) is 4.79 Å². The zero-order valence-corrected chi connectivity index (χ0v) is 14.0. The number of nitrogens with zero attached hydrogens (tertiary/aromatic N) is 1. The molecule has 2 aromatic carbocycles. The molecule has 0 spiro atoms. The number of fused-ring (bicyclic) bond motifs is 1. The highest BCUT2D eigenvalue weighted by Crippen LogP contribution is 2.22. The minimum atomic E-state index is -1.21. The van der Waals surface area contributed by atoms with Crippen LogP contribution in [0.1, 0.15) is 17.5 Å². The van der Waals surface area contributed by atoms with E-state index >= 15 is 0 Å². The number of furan rings is 1. The Morgan fingerprint density at radius 1 is 1.22 bits per heavy atom. The van der Waals surface area contributed by atoms with Gasteiger partial charge in [0.25, 0.3) is 5.91 Å². The van der Waals surface area contributed by atoms with E-state index in [4.69, 9.17) is 9.15 Å². The van der Waals surface area contributed by atoms with E-state index in [0.29, 0.717) is 11.0 Å². The second kappa shape index (κ2) is 7.24. The van der Waals surface area contributed by atoms with Gasteiger partial charge in [0, 0.05) is 17.1 Å². The van der Waals surface area contributed by atoms with Gasteiger partial charge in [-0.15, -0.1) is 0 Å². The molecule has 0 bridgehead atoms. The first kappa shape index (κ1) is 18.1. The lowest BCUT2D eigenvalue weighted by Crippen LogP contribution is -2.29. The van der Waals surface area contributed by atoms with Crippen LogP contribution in [0.25, 0.3) is 11.0 Å². The molecule has 0 saturated heterocycles. The van der Waals surface area contributed by atoms with Gasteiger partial charge >= 0.3 is 11.7 Å². The smallest absolute Gasteiger partial charge is 0.375 e. The summed E-state index contributed by atoms with van der Waals surface area (Å²) in [6, 6.07) is 11.4. The fourth-order valence-corrected chi connectivity index (χ4v) is 2.33. The second-order valence-corrected chi connectivity index (χ2v) is 5.61. The molecule has 1 N–H and O–H groups in total. The molecule has 0 aliphatic heterocycles. The Morgan fingerprint density at radius 3 is 2.67 bits per heavy atom. The van der Waals surface area contributed by atoms with E-state index in [1.807, 2.05) is 0 Å². The molecule has 1 amide bonds. The summed E-state index contributed by atoms with van der Waals surface area (Å²) in [5.74, 6) is -2.66. The van der Waals surface area contributed by atoms with Crippen LogP contribution in [-0.2, 0) is 9.53 Å². The fraction of sp³-hybridized carbons (Fsp3) is 0.111. The highest BCUT2D eigenvalue weighted by molar-refractivity contribution is 5.98. The average Bonchev–Trinajstić information content (AvgIpc) is 3.07. The van der Waals surface area contributed by atoms with Gasteiger partial charge in [-0.3, -0.25) is 14.9 Å².